The molecule has 0 spiro atoms. The summed E-state index contributed by atoms with van der Waals surface area (Å²) in [5, 5.41) is 7.15. The van der Waals surface area contributed by atoms with Crippen LogP contribution in [0, 0.1) is 5.82 Å². The predicted octanol–water partition coefficient (Wildman–Crippen LogP) is 5.66. The highest BCUT2D eigenvalue weighted by atomic mass is 32.1. The molecule has 2 aromatic rings. The van der Waals surface area contributed by atoms with Gasteiger partial charge in [-0.25, -0.2) is 9.18 Å². The molecule has 32 heavy (non-hydrogen) atoms. The molecule has 2 heterocycles. The number of carbonyl (C=O) groups is 1. The Morgan fingerprint density at radius 1 is 1.25 bits per heavy atom. The molecule has 176 valence electrons. The second-order valence-electron chi connectivity index (χ2n) is 9.57. The van der Waals surface area contributed by atoms with Gasteiger partial charge in [-0.2, -0.15) is 11.3 Å². The molecule has 1 aromatic carbocycles. The summed E-state index contributed by atoms with van der Waals surface area (Å²) in [7, 11) is 0. The third-order valence-electron chi connectivity index (χ3n) is 5.88. The number of nitrogens with one attached hydrogen (secondary N) is 1. The minimum absolute atomic E-state index is 0.201. The van der Waals surface area contributed by atoms with Gasteiger partial charge < -0.3 is 19.9 Å². The zero-order valence-corrected chi connectivity index (χ0v) is 20.5. The van der Waals surface area contributed by atoms with Crippen LogP contribution < -0.4 is 10.2 Å². The zero-order chi connectivity index (χ0) is 23.1. The van der Waals surface area contributed by atoms with E-state index in [1.165, 1.54) is 5.56 Å². The quantitative estimate of drug-likeness (QED) is 0.551. The first kappa shape index (κ1) is 24.5. The van der Waals surface area contributed by atoms with E-state index in [1.54, 1.807) is 23.5 Å². The number of likely N-dealkylation sites (tertiary alicyclic amines) is 1. The number of hydrogen-bond donors (Lipinski definition) is 1. The monoisotopic (exact) mass is 461 g/mol. The molecule has 1 amide bonds. The molecule has 1 aliphatic heterocycles. The average Bonchev–Trinajstić information content (AvgIpc) is 3.25. The third-order valence-corrected chi connectivity index (χ3v) is 6.62. The van der Waals surface area contributed by atoms with Gasteiger partial charge in [-0.3, -0.25) is 0 Å². The highest BCUT2D eigenvalue weighted by Gasteiger charge is 2.27. The summed E-state index contributed by atoms with van der Waals surface area (Å²) in [6.07, 6.45) is 2.66. The van der Waals surface area contributed by atoms with E-state index < -0.39 is 5.60 Å². The largest absolute Gasteiger partial charge is 0.444 e. The molecule has 1 unspecified atom stereocenters. The van der Waals surface area contributed by atoms with E-state index in [0.29, 0.717) is 18.6 Å². The van der Waals surface area contributed by atoms with Crippen LogP contribution in [0.2, 0.25) is 0 Å². The molecule has 1 aliphatic rings. The second kappa shape index (κ2) is 11.1. The molecular weight excluding hydrogens is 425 g/mol. The summed E-state index contributed by atoms with van der Waals surface area (Å²) in [5.41, 5.74) is 1.89. The fourth-order valence-corrected chi connectivity index (χ4v) is 4.82. The van der Waals surface area contributed by atoms with Gasteiger partial charge in [0.25, 0.3) is 0 Å². The van der Waals surface area contributed by atoms with Crippen LogP contribution in [0.25, 0.3) is 0 Å². The summed E-state index contributed by atoms with van der Waals surface area (Å²) in [6, 6.07) is 9.84. The van der Waals surface area contributed by atoms with Crippen LogP contribution in [0.4, 0.5) is 14.9 Å². The van der Waals surface area contributed by atoms with Gasteiger partial charge >= 0.3 is 6.09 Å². The van der Waals surface area contributed by atoms with E-state index in [0.717, 1.165) is 44.6 Å². The predicted molar refractivity (Wildman–Crippen MR) is 130 cm³/mol. The lowest BCUT2D eigenvalue weighted by molar-refractivity contribution is 0.0521. The average molecular weight is 462 g/mol. The molecule has 1 fully saturated rings. The van der Waals surface area contributed by atoms with E-state index >= 15 is 0 Å². The van der Waals surface area contributed by atoms with Crippen molar-refractivity contribution in [2.45, 2.75) is 71.2 Å². The molecule has 3 rings (SSSR count). The van der Waals surface area contributed by atoms with Crippen molar-refractivity contribution in [2.24, 2.45) is 0 Å². The molecule has 0 saturated carbocycles. The minimum Gasteiger partial charge on any atom is -0.444 e. The Morgan fingerprint density at radius 3 is 2.53 bits per heavy atom. The SMILES string of the molecule is CC(CCNC(=O)OC(C)(C)C)N1CCC(N(Cc2ccsc2)c2ccc(F)cc2)CC1. The summed E-state index contributed by atoms with van der Waals surface area (Å²) in [4.78, 5) is 16.8. The van der Waals surface area contributed by atoms with Gasteiger partial charge in [-0.05, 0) is 93.6 Å². The van der Waals surface area contributed by atoms with Gasteiger partial charge in [0.2, 0.25) is 0 Å². The number of piperidine rings is 1. The van der Waals surface area contributed by atoms with Crippen LogP contribution >= 0.6 is 11.3 Å². The van der Waals surface area contributed by atoms with Gasteiger partial charge in [-0.15, -0.1) is 0 Å². The number of hydrogen-bond acceptors (Lipinski definition) is 5. The molecule has 1 atom stereocenters. The Hall–Kier alpha value is -2.12. The van der Waals surface area contributed by atoms with Gasteiger partial charge in [0.05, 0.1) is 0 Å². The maximum Gasteiger partial charge on any atom is 0.407 e. The number of benzene rings is 1. The zero-order valence-electron chi connectivity index (χ0n) is 19.6. The fourth-order valence-electron chi connectivity index (χ4n) is 4.16. The maximum atomic E-state index is 13.5. The summed E-state index contributed by atoms with van der Waals surface area (Å²) in [5.74, 6) is -0.201. The van der Waals surface area contributed by atoms with Crippen molar-refractivity contribution in [1.29, 1.82) is 0 Å². The molecule has 5 nitrogen and oxygen atoms in total. The Bertz CT molecular complexity index is 828. The number of carbonyl (C=O) groups excluding carboxylic acids is 1. The van der Waals surface area contributed by atoms with Gasteiger partial charge in [0, 0.05) is 44.0 Å². The van der Waals surface area contributed by atoms with E-state index in [-0.39, 0.29) is 11.9 Å². The second-order valence-corrected chi connectivity index (χ2v) is 10.3. The Balaban J connectivity index is 1.51. The summed E-state index contributed by atoms with van der Waals surface area (Å²) >= 11 is 1.71. The van der Waals surface area contributed by atoms with E-state index in [2.05, 4.69) is 38.9 Å². The standard InChI is InChI=1S/C25H36FN3O2S/c1-19(9-13-27-24(30)31-25(2,3)4)28-14-10-23(11-15-28)29(17-20-12-16-32-18-20)22-7-5-21(26)6-8-22/h5-8,12,16,18-19,23H,9-11,13-15,17H2,1-4H3,(H,27,30). The van der Waals surface area contributed by atoms with Gasteiger partial charge in [0.1, 0.15) is 11.4 Å². The van der Waals surface area contributed by atoms with Crippen LogP contribution in [-0.2, 0) is 11.3 Å². The Morgan fingerprint density at radius 2 is 1.94 bits per heavy atom. The first-order valence-corrected chi connectivity index (χ1v) is 12.4. The lowest BCUT2D eigenvalue weighted by atomic mass is 9.99. The highest BCUT2D eigenvalue weighted by Crippen LogP contribution is 2.27. The lowest BCUT2D eigenvalue weighted by Gasteiger charge is -2.42. The first-order valence-electron chi connectivity index (χ1n) is 11.5. The van der Waals surface area contributed by atoms with Crippen LogP contribution in [0.15, 0.2) is 41.1 Å². The van der Waals surface area contributed by atoms with Gasteiger partial charge in [-0.1, -0.05) is 0 Å². The molecule has 1 aromatic heterocycles. The Kier molecular flexibility index (Phi) is 8.54. The Labute approximate surface area is 195 Å². The number of anilines is 1. The summed E-state index contributed by atoms with van der Waals surface area (Å²) < 4.78 is 18.8. The number of nitrogens with zero attached hydrogens (tertiary/aromatic N) is 2. The van der Waals surface area contributed by atoms with Crippen LogP contribution in [0.1, 0.15) is 52.5 Å². The van der Waals surface area contributed by atoms with Crippen molar-refractivity contribution in [3.8, 4) is 0 Å². The number of thiophene rings is 1. The molecule has 1 N–H and O–H groups in total. The van der Waals surface area contributed by atoms with Gasteiger partial charge in [0.15, 0.2) is 0 Å². The summed E-state index contributed by atoms with van der Waals surface area (Å²) in [6.45, 7) is 11.3. The number of rotatable bonds is 8. The van der Waals surface area contributed by atoms with Crippen molar-refractivity contribution in [3.63, 3.8) is 0 Å². The smallest absolute Gasteiger partial charge is 0.407 e. The van der Waals surface area contributed by atoms with Crippen molar-refractivity contribution in [2.75, 3.05) is 24.5 Å². The van der Waals surface area contributed by atoms with Crippen molar-refractivity contribution in [1.82, 2.24) is 10.2 Å². The fraction of sp³-hybridized carbons (Fsp3) is 0.560. The third kappa shape index (κ3) is 7.48. The number of ether oxygens (including phenoxy) is 1. The molecule has 0 bridgehead atoms. The number of halogens is 1. The lowest BCUT2D eigenvalue weighted by Crippen LogP contribution is -2.48. The minimum atomic E-state index is -0.475. The molecular formula is C25H36FN3O2S. The number of amides is 1. The van der Waals surface area contributed by atoms with E-state index in [4.69, 9.17) is 4.74 Å². The van der Waals surface area contributed by atoms with Crippen molar-refractivity contribution in [3.05, 3.63) is 52.5 Å². The topological polar surface area (TPSA) is 44.8 Å². The highest BCUT2D eigenvalue weighted by molar-refractivity contribution is 7.07. The normalized spacial score (nSPS) is 16.5. The van der Waals surface area contributed by atoms with Crippen LogP contribution in [0.5, 0.6) is 0 Å². The van der Waals surface area contributed by atoms with E-state index in [9.17, 15) is 9.18 Å². The molecule has 7 heteroatoms. The first-order chi connectivity index (χ1) is 15.2. The maximum absolute atomic E-state index is 13.5. The van der Waals surface area contributed by atoms with Crippen LogP contribution in [0.3, 0.4) is 0 Å². The number of alkyl carbamates (subject to hydrolysis) is 1. The molecule has 0 aliphatic carbocycles. The van der Waals surface area contributed by atoms with E-state index in [1.807, 2.05) is 32.9 Å². The molecule has 1 saturated heterocycles. The molecule has 0 radical (unpaired) electrons. The van der Waals surface area contributed by atoms with Crippen molar-refractivity contribution >= 4 is 23.1 Å². The van der Waals surface area contributed by atoms with Crippen LogP contribution in [-0.4, -0.2) is 48.3 Å². The van der Waals surface area contributed by atoms with Crippen molar-refractivity contribution < 1.29 is 13.9 Å².